The molecule has 31 heavy (non-hydrogen) atoms. The van der Waals surface area contributed by atoms with Crippen LogP contribution in [0.1, 0.15) is 40.2 Å². The van der Waals surface area contributed by atoms with Crippen LogP contribution in [0.2, 0.25) is 5.02 Å². The number of hydrogen-bond acceptors (Lipinski definition) is 4. The molecule has 3 aromatic rings. The molecule has 0 N–H and O–H groups in total. The fraction of sp³-hybridized carbons (Fsp3) is 0.250. The van der Waals surface area contributed by atoms with Crippen LogP contribution < -0.4 is 11.2 Å². The molecule has 0 saturated carbocycles. The number of rotatable bonds is 2. The summed E-state index contributed by atoms with van der Waals surface area (Å²) in [5.41, 5.74) is 0.978. The van der Waals surface area contributed by atoms with Gasteiger partial charge in [-0.25, -0.2) is 19.3 Å². The van der Waals surface area contributed by atoms with Crippen molar-refractivity contribution in [3.05, 3.63) is 86.5 Å². The summed E-state index contributed by atoms with van der Waals surface area (Å²) in [6, 6.07) is 4.91. The topological polar surface area (TPSA) is 69.8 Å². The Kier molecular flexibility index (Phi) is 10.2. The Morgan fingerprint density at radius 3 is 2.48 bits per heavy atom. The lowest BCUT2D eigenvalue weighted by Crippen LogP contribution is -2.38. The zero-order valence-corrected chi connectivity index (χ0v) is 19.5. The lowest BCUT2D eigenvalue weighted by molar-refractivity contribution is 0.762. The van der Waals surface area contributed by atoms with Crippen LogP contribution in [0.5, 0.6) is 0 Å². The molecular formula is C24H27ClN4O2. The maximum absolute atomic E-state index is 12.8. The van der Waals surface area contributed by atoms with Gasteiger partial charge < -0.3 is 0 Å². The molecule has 0 unspecified atom stereocenters. The Balaban J connectivity index is 0.00000113. The van der Waals surface area contributed by atoms with E-state index < -0.39 is 11.2 Å². The first-order valence-corrected chi connectivity index (χ1v) is 10.3. The first-order chi connectivity index (χ1) is 14.9. The van der Waals surface area contributed by atoms with E-state index in [1.165, 1.54) is 24.1 Å². The maximum Gasteiger partial charge on any atom is 0.337 e. The Labute approximate surface area is 187 Å². The van der Waals surface area contributed by atoms with E-state index in [0.29, 0.717) is 5.56 Å². The lowest BCUT2D eigenvalue weighted by atomic mass is 10.2. The van der Waals surface area contributed by atoms with E-state index in [-0.39, 0.29) is 21.7 Å². The van der Waals surface area contributed by atoms with E-state index in [4.69, 9.17) is 11.6 Å². The van der Waals surface area contributed by atoms with E-state index in [1.54, 1.807) is 30.4 Å². The van der Waals surface area contributed by atoms with Crippen molar-refractivity contribution in [2.45, 2.75) is 34.6 Å². The van der Waals surface area contributed by atoms with Crippen molar-refractivity contribution in [1.82, 2.24) is 19.1 Å². The van der Waals surface area contributed by atoms with Gasteiger partial charge in [-0.1, -0.05) is 69.9 Å². The Hall–Kier alpha value is -3.43. The van der Waals surface area contributed by atoms with Crippen molar-refractivity contribution in [2.75, 3.05) is 0 Å². The van der Waals surface area contributed by atoms with E-state index in [9.17, 15) is 9.59 Å². The number of benzene rings is 1. The Morgan fingerprint density at radius 2 is 1.87 bits per heavy atom. The monoisotopic (exact) mass is 438 g/mol. The summed E-state index contributed by atoms with van der Waals surface area (Å²) in [7, 11) is 1.54. The highest BCUT2D eigenvalue weighted by Crippen LogP contribution is 2.20. The maximum atomic E-state index is 12.8. The highest BCUT2D eigenvalue weighted by Gasteiger charge is 2.15. The molecular weight excluding hydrogens is 412 g/mol. The van der Waals surface area contributed by atoms with E-state index in [2.05, 4.69) is 28.4 Å². The molecule has 0 saturated heterocycles. The molecule has 7 heteroatoms. The Morgan fingerprint density at radius 1 is 1.19 bits per heavy atom. The van der Waals surface area contributed by atoms with Gasteiger partial charge in [0.1, 0.15) is 11.7 Å². The zero-order chi connectivity index (χ0) is 23.6. The number of allylic oxidation sites excluding steroid dienone is 3. The molecule has 0 radical (unpaired) electrons. The van der Waals surface area contributed by atoms with Crippen molar-refractivity contribution in [1.29, 1.82) is 0 Å². The molecule has 0 amide bonds. The zero-order valence-electron chi connectivity index (χ0n) is 18.7. The molecule has 0 aliphatic rings. The van der Waals surface area contributed by atoms with Gasteiger partial charge in [-0.2, -0.15) is 0 Å². The van der Waals surface area contributed by atoms with Gasteiger partial charge in [-0.15, -0.1) is 0 Å². The van der Waals surface area contributed by atoms with Gasteiger partial charge in [0.2, 0.25) is 0 Å². The molecule has 6 nitrogen and oxygen atoms in total. The summed E-state index contributed by atoms with van der Waals surface area (Å²) in [6.45, 7) is 13.5. The van der Waals surface area contributed by atoms with Crippen LogP contribution >= 0.6 is 11.6 Å². The molecule has 162 valence electrons. The summed E-state index contributed by atoms with van der Waals surface area (Å²) in [6.07, 6.45) is 6.12. The van der Waals surface area contributed by atoms with E-state index in [0.717, 1.165) is 10.1 Å². The van der Waals surface area contributed by atoms with Gasteiger partial charge in [-0.3, -0.25) is 9.36 Å². The van der Waals surface area contributed by atoms with Crippen LogP contribution in [0.15, 0.2) is 64.6 Å². The summed E-state index contributed by atoms with van der Waals surface area (Å²) >= 11 is 6.35. The summed E-state index contributed by atoms with van der Waals surface area (Å²) in [4.78, 5) is 33.4. The van der Waals surface area contributed by atoms with Crippen molar-refractivity contribution in [3.63, 3.8) is 0 Å². The van der Waals surface area contributed by atoms with Crippen LogP contribution in [-0.2, 0) is 7.05 Å². The van der Waals surface area contributed by atoms with Gasteiger partial charge in [0, 0.05) is 18.8 Å². The summed E-state index contributed by atoms with van der Waals surface area (Å²) in [5.74, 6) is 5.95. The van der Waals surface area contributed by atoms with Crippen LogP contribution in [0.3, 0.4) is 0 Å². The van der Waals surface area contributed by atoms with Gasteiger partial charge in [0.25, 0.3) is 5.56 Å². The van der Waals surface area contributed by atoms with Crippen molar-refractivity contribution < 1.29 is 0 Å². The second kappa shape index (κ2) is 12.3. The third-order valence-electron chi connectivity index (χ3n) is 3.88. The fourth-order valence-electron chi connectivity index (χ4n) is 2.56. The van der Waals surface area contributed by atoms with Gasteiger partial charge >= 0.3 is 5.69 Å². The number of hydrogen-bond donors (Lipinski definition) is 0. The molecule has 1 aromatic carbocycles. The number of aromatic nitrogens is 4. The third-order valence-corrected chi connectivity index (χ3v) is 4.18. The van der Waals surface area contributed by atoms with Crippen LogP contribution in [-0.4, -0.2) is 19.1 Å². The third kappa shape index (κ3) is 5.80. The van der Waals surface area contributed by atoms with Gasteiger partial charge in [-0.05, 0) is 30.7 Å². The molecule has 0 aliphatic carbocycles. The second-order valence-corrected chi connectivity index (χ2v) is 6.15. The molecule has 0 fully saturated rings. The smallest absolute Gasteiger partial charge is 0.280 e. The standard InChI is InChI=1S/C20H15ClN4O2.2C2H6/c1-4-5-13(2)6-7-14-8-9-17(16(21)10-14)25-19(26)15-11-22-12-23-18(15)24(3)20(25)27;2*1-2/h4-5,8-12H,1H2,2-3H3;2*1-2H3/b13-5+;;. The van der Waals surface area contributed by atoms with Crippen molar-refractivity contribution in [2.24, 2.45) is 7.05 Å². The van der Waals surface area contributed by atoms with Crippen LogP contribution in [0.25, 0.3) is 16.7 Å². The summed E-state index contributed by atoms with van der Waals surface area (Å²) < 4.78 is 2.29. The molecule has 2 heterocycles. The summed E-state index contributed by atoms with van der Waals surface area (Å²) in [5, 5.41) is 0.465. The van der Waals surface area contributed by atoms with Gasteiger partial charge in [0.15, 0.2) is 5.65 Å². The number of fused-ring (bicyclic) bond motifs is 1. The highest BCUT2D eigenvalue weighted by atomic mass is 35.5. The first-order valence-electron chi connectivity index (χ1n) is 9.97. The number of nitrogens with zero attached hydrogens (tertiary/aromatic N) is 4. The average Bonchev–Trinajstić information content (AvgIpc) is 2.80. The quantitative estimate of drug-likeness (QED) is 0.430. The molecule has 3 rings (SSSR count). The SMILES string of the molecule is C=C/C=C(\C)C#Cc1ccc(-n2c(=O)c3cncnc3n(C)c2=O)c(Cl)c1.CC.CC. The van der Waals surface area contributed by atoms with Crippen molar-refractivity contribution in [3.8, 4) is 17.5 Å². The fourth-order valence-corrected chi connectivity index (χ4v) is 2.82. The first kappa shape index (κ1) is 25.6. The van der Waals surface area contributed by atoms with Crippen LogP contribution in [0.4, 0.5) is 0 Å². The van der Waals surface area contributed by atoms with E-state index in [1.807, 2.05) is 34.6 Å². The average molecular weight is 439 g/mol. The molecule has 0 spiro atoms. The number of halogens is 1. The Bertz CT molecular complexity index is 1270. The van der Waals surface area contributed by atoms with Gasteiger partial charge in [0.05, 0.1) is 10.7 Å². The largest absolute Gasteiger partial charge is 0.337 e. The molecule has 2 aromatic heterocycles. The van der Waals surface area contributed by atoms with Crippen LogP contribution in [0, 0.1) is 11.8 Å². The minimum absolute atomic E-state index is 0.227. The molecule has 0 bridgehead atoms. The molecule has 0 aliphatic heterocycles. The molecule has 0 atom stereocenters. The lowest BCUT2D eigenvalue weighted by Gasteiger charge is -2.11. The normalized spacial score (nSPS) is 10.1. The number of aryl methyl sites for hydroxylation is 1. The predicted octanol–water partition coefficient (Wildman–Crippen LogP) is 4.67. The van der Waals surface area contributed by atoms with E-state index >= 15 is 0 Å². The minimum atomic E-state index is -0.545. The van der Waals surface area contributed by atoms with Crippen molar-refractivity contribution >= 4 is 22.6 Å². The minimum Gasteiger partial charge on any atom is -0.280 e. The second-order valence-electron chi connectivity index (χ2n) is 5.74. The predicted molar refractivity (Wildman–Crippen MR) is 129 cm³/mol. The highest BCUT2D eigenvalue weighted by molar-refractivity contribution is 6.32.